The van der Waals surface area contributed by atoms with Gasteiger partial charge >= 0.3 is 0 Å². The minimum absolute atomic E-state index is 0.331. The lowest BCUT2D eigenvalue weighted by Crippen LogP contribution is -2.18. The van der Waals surface area contributed by atoms with Crippen molar-refractivity contribution in [3.8, 4) is 28.1 Å². The summed E-state index contributed by atoms with van der Waals surface area (Å²) in [6, 6.07) is 27.4. The van der Waals surface area contributed by atoms with Crippen LogP contribution in [0.25, 0.3) is 22.4 Å². The van der Waals surface area contributed by atoms with Crippen LogP contribution >= 0.6 is 0 Å². The normalized spacial score (nSPS) is 10.9. The summed E-state index contributed by atoms with van der Waals surface area (Å²) in [6.07, 6.45) is 1.56. The fraction of sp³-hybridized carbons (Fsp3) is 0.0800. The van der Waals surface area contributed by atoms with Crippen molar-refractivity contribution < 1.29 is 9.53 Å². The Morgan fingerprint density at radius 1 is 0.968 bits per heavy atom. The molecular weight excluding hydrogens is 388 g/mol. The minimum Gasteiger partial charge on any atom is -0.493 e. The maximum absolute atomic E-state index is 12.4. The van der Waals surface area contributed by atoms with Gasteiger partial charge in [0.2, 0.25) is 0 Å². The molecule has 6 nitrogen and oxygen atoms in total. The van der Waals surface area contributed by atoms with Crippen molar-refractivity contribution in [3.63, 3.8) is 0 Å². The SMILES string of the molecule is CCOc1ccccc1/C=N/NC(=O)c1cc(-c2ccc(-c3ccccc3)cc2)n[nH]1. The summed E-state index contributed by atoms with van der Waals surface area (Å²) in [5, 5.41) is 11.1. The molecule has 3 aromatic carbocycles. The summed E-state index contributed by atoms with van der Waals surface area (Å²) >= 11 is 0. The van der Waals surface area contributed by atoms with E-state index >= 15 is 0 Å². The first-order valence-electron chi connectivity index (χ1n) is 10.0. The van der Waals surface area contributed by atoms with E-state index in [1.807, 2.05) is 73.7 Å². The third-order valence-electron chi connectivity index (χ3n) is 4.70. The van der Waals surface area contributed by atoms with Crippen molar-refractivity contribution in [1.29, 1.82) is 0 Å². The third kappa shape index (κ3) is 4.87. The number of nitrogens with zero attached hydrogens (tertiary/aromatic N) is 2. The molecule has 0 aliphatic carbocycles. The average Bonchev–Trinajstić information content (AvgIpc) is 3.32. The molecule has 1 amide bonds. The van der Waals surface area contributed by atoms with E-state index in [1.165, 1.54) is 0 Å². The van der Waals surface area contributed by atoms with Gasteiger partial charge in [-0.3, -0.25) is 9.89 Å². The molecule has 31 heavy (non-hydrogen) atoms. The molecule has 6 heteroatoms. The van der Waals surface area contributed by atoms with E-state index in [2.05, 4.69) is 32.9 Å². The number of nitrogens with one attached hydrogen (secondary N) is 2. The van der Waals surface area contributed by atoms with Gasteiger partial charge in [0.25, 0.3) is 5.91 Å². The van der Waals surface area contributed by atoms with Crippen molar-refractivity contribution in [2.75, 3.05) is 6.61 Å². The number of aromatic nitrogens is 2. The van der Waals surface area contributed by atoms with Crippen LogP contribution in [0.3, 0.4) is 0 Å². The van der Waals surface area contributed by atoms with Crippen molar-refractivity contribution in [3.05, 3.63) is 96.2 Å². The fourth-order valence-electron chi connectivity index (χ4n) is 3.14. The van der Waals surface area contributed by atoms with Crippen LogP contribution in [0.1, 0.15) is 23.0 Å². The second-order valence-corrected chi connectivity index (χ2v) is 6.78. The molecule has 0 fully saturated rings. The van der Waals surface area contributed by atoms with Gasteiger partial charge in [-0.1, -0.05) is 66.7 Å². The van der Waals surface area contributed by atoms with Crippen LogP contribution < -0.4 is 10.2 Å². The van der Waals surface area contributed by atoms with Gasteiger partial charge in [0.05, 0.1) is 18.5 Å². The lowest BCUT2D eigenvalue weighted by molar-refractivity contribution is 0.0950. The molecule has 0 saturated heterocycles. The molecule has 0 spiro atoms. The zero-order valence-corrected chi connectivity index (χ0v) is 17.1. The monoisotopic (exact) mass is 410 g/mol. The molecule has 0 aliphatic rings. The number of H-pyrrole nitrogens is 1. The highest BCUT2D eigenvalue weighted by atomic mass is 16.5. The maximum Gasteiger partial charge on any atom is 0.289 e. The highest BCUT2D eigenvalue weighted by Gasteiger charge is 2.11. The van der Waals surface area contributed by atoms with Crippen LogP contribution in [-0.2, 0) is 0 Å². The van der Waals surface area contributed by atoms with E-state index in [0.717, 1.165) is 22.3 Å². The Hall–Kier alpha value is -4.19. The number of ether oxygens (including phenoxy) is 1. The number of benzene rings is 3. The molecule has 1 aromatic heterocycles. The predicted octanol–water partition coefficient (Wildman–Crippen LogP) is 4.91. The molecule has 0 radical (unpaired) electrons. The summed E-state index contributed by atoms with van der Waals surface area (Å²) < 4.78 is 5.55. The number of para-hydroxylation sites is 1. The van der Waals surface area contributed by atoms with Crippen LogP contribution in [0.2, 0.25) is 0 Å². The van der Waals surface area contributed by atoms with Crippen LogP contribution in [0.4, 0.5) is 0 Å². The first kappa shape index (κ1) is 20.1. The summed E-state index contributed by atoms with van der Waals surface area (Å²) in [5.41, 5.74) is 7.52. The van der Waals surface area contributed by atoms with Crippen LogP contribution in [0.5, 0.6) is 5.75 Å². The summed E-state index contributed by atoms with van der Waals surface area (Å²) in [5.74, 6) is 0.343. The van der Waals surface area contributed by atoms with E-state index in [0.29, 0.717) is 23.7 Å². The molecule has 1 heterocycles. The number of rotatable bonds is 7. The number of hydrazone groups is 1. The maximum atomic E-state index is 12.4. The molecule has 2 N–H and O–H groups in total. The van der Waals surface area contributed by atoms with Crippen LogP contribution in [0, 0.1) is 0 Å². The van der Waals surface area contributed by atoms with Crippen molar-refractivity contribution in [2.24, 2.45) is 5.10 Å². The predicted molar refractivity (Wildman–Crippen MR) is 122 cm³/mol. The number of hydrogen-bond acceptors (Lipinski definition) is 4. The fourth-order valence-corrected chi connectivity index (χ4v) is 3.14. The van der Waals surface area contributed by atoms with E-state index in [-0.39, 0.29) is 5.91 Å². The van der Waals surface area contributed by atoms with Crippen molar-refractivity contribution in [1.82, 2.24) is 15.6 Å². The lowest BCUT2D eigenvalue weighted by atomic mass is 10.0. The van der Waals surface area contributed by atoms with E-state index in [9.17, 15) is 4.79 Å². The highest BCUT2D eigenvalue weighted by molar-refractivity contribution is 5.94. The molecule has 0 saturated carbocycles. The van der Waals surface area contributed by atoms with E-state index < -0.39 is 0 Å². The second-order valence-electron chi connectivity index (χ2n) is 6.78. The molecule has 4 aromatic rings. The topological polar surface area (TPSA) is 79.4 Å². The van der Waals surface area contributed by atoms with Crippen LogP contribution in [-0.4, -0.2) is 28.9 Å². The quantitative estimate of drug-likeness (QED) is 0.336. The highest BCUT2D eigenvalue weighted by Crippen LogP contribution is 2.24. The van der Waals surface area contributed by atoms with E-state index in [1.54, 1.807) is 12.3 Å². The Bertz CT molecular complexity index is 1180. The molecule has 0 atom stereocenters. The Morgan fingerprint density at radius 2 is 1.65 bits per heavy atom. The Labute approximate surface area is 180 Å². The third-order valence-corrected chi connectivity index (χ3v) is 4.70. The zero-order valence-electron chi connectivity index (χ0n) is 17.1. The molecule has 0 unspecified atom stereocenters. The molecule has 0 bridgehead atoms. The second kappa shape index (κ2) is 9.54. The summed E-state index contributed by atoms with van der Waals surface area (Å²) in [7, 11) is 0. The van der Waals surface area contributed by atoms with Gasteiger partial charge < -0.3 is 4.74 Å². The van der Waals surface area contributed by atoms with Gasteiger partial charge in [-0.05, 0) is 36.2 Å². The molecular formula is C25H22N4O2. The van der Waals surface area contributed by atoms with Gasteiger partial charge in [0.15, 0.2) is 0 Å². The lowest BCUT2D eigenvalue weighted by Gasteiger charge is -2.05. The smallest absolute Gasteiger partial charge is 0.289 e. The van der Waals surface area contributed by atoms with Gasteiger partial charge in [-0.15, -0.1) is 0 Å². The number of carbonyl (C=O) groups excluding carboxylic acids is 1. The van der Waals surface area contributed by atoms with Crippen molar-refractivity contribution in [2.45, 2.75) is 6.92 Å². The zero-order chi connectivity index (χ0) is 21.5. The van der Waals surface area contributed by atoms with Gasteiger partial charge in [-0.2, -0.15) is 10.2 Å². The van der Waals surface area contributed by atoms with Gasteiger partial charge in [0, 0.05) is 11.1 Å². The average molecular weight is 410 g/mol. The minimum atomic E-state index is -0.371. The van der Waals surface area contributed by atoms with Crippen molar-refractivity contribution >= 4 is 12.1 Å². The molecule has 0 aliphatic heterocycles. The Morgan fingerprint density at radius 3 is 2.42 bits per heavy atom. The van der Waals surface area contributed by atoms with Crippen LogP contribution in [0.15, 0.2) is 90.0 Å². The first-order chi connectivity index (χ1) is 15.2. The van der Waals surface area contributed by atoms with E-state index in [4.69, 9.17) is 4.74 Å². The molecule has 4 rings (SSSR count). The summed E-state index contributed by atoms with van der Waals surface area (Å²) in [6.45, 7) is 2.47. The standard InChI is InChI=1S/C25H22N4O2/c1-2-31-24-11-7-6-10-21(24)17-26-29-25(30)23-16-22(27-28-23)20-14-12-19(13-15-20)18-8-4-3-5-9-18/h3-17H,2H2,1H3,(H,27,28)(H,29,30)/b26-17+. The van der Waals surface area contributed by atoms with Gasteiger partial charge in [-0.25, -0.2) is 5.43 Å². The first-order valence-corrected chi connectivity index (χ1v) is 10.0. The Balaban J connectivity index is 1.42. The number of amides is 1. The molecule has 154 valence electrons. The Kier molecular flexibility index (Phi) is 6.18. The number of carbonyl (C=O) groups is 1. The largest absolute Gasteiger partial charge is 0.493 e. The number of hydrogen-bond donors (Lipinski definition) is 2. The summed E-state index contributed by atoms with van der Waals surface area (Å²) in [4.78, 5) is 12.4. The number of aromatic amines is 1. The van der Waals surface area contributed by atoms with Gasteiger partial charge in [0.1, 0.15) is 11.4 Å².